The second-order valence-electron chi connectivity index (χ2n) is 6.00. The summed E-state index contributed by atoms with van der Waals surface area (Å²) in [4.78, 5) is 11.4. The predicted molar refractivity (Wildman–Crippen MR) is 81.3 cm³/mol. The molecule has 0 aromatic carbocycles. The highest BCUT2D eigenvalue weighted by Crippen LogP contribution is 2.34. The minimum Gasteiger partial charge on any atom is -0.426 e. The van der Waals surface area contributed by atoms with Gasteiger partial charge < -0.3 is 9.84 Å². The summed E-state index contributed by atoms with van der Waals surface area (Å²) in [6.07, 6.45) is 11.7. The standard InChI is InChI=1S/C17H30O3/c1-4-5-6-7-8-9-10-11-12-13-17(19)15(3)14(2)16(18)20-17/h19H,4-13H2,1-3H3. The largest absolute Gasteiger partial charge is 0.426 e. The average Bonchev–Trinajstić information content (AvgIpc) is 2.61. The number of unbranched alkanes of at least 4 members (excludes halogenated alkanes) is 8. The van der Waals surface area contributed by atoms with E-state index in [0.717, 1.165) is 12.8 Å². The zero-order valence-corrected chi connectivity index (χ0v) is 13.3. The summed E-state index contributed by atoms with van der Waals surface area (Å²) in [6.45, 7) is 5.73. The Morgan fingerprint density at radius 3 is 1.90 bits per heavy atom. The number of hydrogen-bond acceptors (Lipinski definition) is 3. The number of cyclic esters (lactones) is 1. The van der Waals surface area contributed by atoms with Gasteiger partial charge in [0, 0.05) is 17.6 Å². The Bertz CT molecular complexity index is 346. The highest BCUT2D eigenvalue weighted by molar-refractivity contribution is 5.91. The molecule has 0 aliphatic carbocycles. The van der Waals surface area contributed by atoms with Crippen LogP contribution in [0.5, 0.6) is 0 Å². The second-order valence-corrected chi connectivity index (χ2v) is 6.00. The highest BCUT2D eigenvalue weighted by Gasteiger charge is 2.41. The molecule has 1 aliphatic rings. The lowest BCUT2D eigenvalue weighted by Gasteiger charge is -2.23. The molecule has 0 spiro atoms. The summed E-state index contributed by atoms with van der Waals surface area (Å²) in [5.41, 5.74) is 1.24. The Morgan fingerprint density at radius 1 is 0.950 bits per heavy atom. The monoisotopic (exact) mass is 282 g/mol. The van der Waals surface area contributed by atoms with Crippen molar-refractivity contribution in [1.29, 1.82) is 0 Å². The molecular weight excluding hydrogens is 252 g/mol. The molecule has 0 amide bonds. The third-order valence-electron chi connectivity index (χ3n) is 4.34. The fourth-order valence-electron chi connectivity index (χ4n) is 2.67. The van der Waals surface area contributed by atoms with Crippen molar-refractivity contribution in [3.05, 3.63) is 11.1 Å². The van der Waals surface area contributed by atoms with Crippen LogP contribution in [0, 0.1) is 0 Å². The number of carbonyl (C=O) groups is 1. The Morgan fingerprint density at radius 2 is 1.45 bits per heavy atom. The van der Waals surface area contributed by atoms with E-state index in [1.165, 1.54) is 44.9 Å². The van der Waals surface area contributed by atoms with Gasteiger partial charge in [-0.15, -0.1) is 0 Å². The van der Waals surface area contributed by atoms with Crippen molar-refractivity contribution in [2.24, 2.45) is 0 Å². The second kappa shape index (κ2) is 8.46. The zero-order valence-electron chi connectivity index (χ0n) is 13.3. The number of hydrogen-bond donors (Lipinski definition) is 1. The summed E-state index contributed by atoms with van der Waals surface area (Å²) in [7, 11) is 0. The maximum absolute atomic E-state index is 11.4. The molecule has 0 radical (unpaired) electrons. The molecule has 0 bridgehead atoms. The summed E-state index contributed by atoms with van der Waals surface area (Å²) >= 11 is 0. The Kier molecular flexibility index (Phi) is 7.28. The number of ether oxygens (including phenoxy) is 1. The van der Waals surface area contributed by atoms with E-state index in [1.807, 2.05) is 0 Å². The van der Waals surface area contributed by atoms with Crippen LogP contribution in [-0.2, 0) is 9.53 Å². The van der Waals surface area contributed by atoms with Crippen molar-refractivity contribution in [2.75, 3.05) is 0 Å². The van der Waals surface area contributed by atoms with Crippen molar-refractivity contribution in [2.45, 2.75) is 90.8 Å². The maximum Gasteiger partial charge on any atom is 0.336 e. The van der Waals surface area contributed by atoms with Crippen LogP contribution in [0.25, 0.3) is 0 Å². The summed E-state index contributed by atoms with van der Waals surface area (Å²) in [6, 6.07) is 0. The summed E-state index contributed by atoms with van der Waals surface area (Å²) in [5, 5.41) is 10.3. The molecule has 1 N–H and O–H groups in total. The number of carbonyl (C=O) groups excluding carboxylic acids is 1. The fraction of sp³-hybridized carbons (Fsp3) is 0.824. The fourth-order valence-corrected chi connectivity index (χ4v) is 2.67. The van der Waals surface area contributed by atoms with Crippen LogP contribution in [0.1, 0.15) is 85.0 Å². The van der Waals surface area contributed by atoms with Gasteiger partial charge in [-0.25, -0.2) is 4.79 Å². The van der Waals surface area contributed by atoms with Crippen LogP contribution in [0.3, 0.4) is 0 Å². The van der Waals surface area contributed by atoms with Crippen LogP contribution < -0.4 is 0 Å². The summed E-state index contributed by atoms with van der Waals surface area (Å²) in [5.74, 6) is -1.71. The number of esters is 1. The lowest BCUT2D eigenvalue weighted by Crippen LogP contribution is -2.30. The van der Waals surface area contributed by atoms with Gasteiger partial charge in [0.25, 0.3) is 0 Å². The van der Waals surface area contributed by atoms with Crippen LogP contribution in [0.15, 0.2) is 11.1 Å². The van der Waals surface area contributed by atoms with E-state index < -0.39 is 5.79 Å². The molecule has 0 saturated heterocycles. The molecule has 1 unspecified atom stereocenters. The van der Waals surface area contributed by atoms with Gasteiger partial charge in [-0.1, -0.05) is 58.3 Å². The molecule has 3 heteroatoms. The van der Waals surface area contributed by atoms with Gasteiger partial charge in [-0.05, 0) is 20.3 Å². The minimum atomic E-state index is -1.33. The smallest absolute Gasteiger partial charge is 0.336 e. The lowest BCUT2D eigenvalue weighted by atomic mass is 9.98. The lowest BCUT2D eigenvalue weighted by molar-refractivity contribution is -0.183. The van der Waals surface area contributed by atoms with Crippen molar-refractivity contribution in [1.82, 2.24) is 0 Å². The minimum absolute atomic E-state index is 0.374. The quantitative estimate of drug-likeness (QED) is 0.474. The van der Waals surface area contributed by atoms with Gasteiger partial charge in [0.1, 0.15) is 0 Å². The first-order chi connectivity index (χ1) is 9.51. The molecule has 1 aliphatic heterocycles. The first-order valence-corrected chi connectivity index (χ1v) is 8.15. The normalized spacial score (nSPS) is 22.5. The molecule has 0 aromatic heterocycles. The molecule has 3 nitrogen and oxygen atoms in total. The van der Waals surface area contributed by atoms with E-state index in [9.17, 15) is 9.90 Å². The van der Waals surface area contributed by atoms with Crippen LogP contribution in [0.2, 0.25) is 0 Å². The van der Waals surface area contributed by atoms with Crippen LogP contribution in [-0.4, -0.2) is 16.9 Å². The molecule has 0 saturated carbocycles. The third-order valence-corrected chi connectivity index (χ3v) is 4.34. The van der Waals surface area contributed by atoms with Crippen molar-refractivity contribution in [3.8, 4) is 0 Å². The van der Waals surface area contributed by atoms with E-state index in [4.69, 9.17) is 4.74 Å². The van der Waals surface area contributed by atoms with Crippen LogP contribution in [0.4, 0.5) is 0 Å². The first-order valence-electron chi connectivity index (χ1n) is 8.15. The first kappa shape index (κ1) is 17.2. The van der Waals surface area contributed by atoms with E-state index in [2.05, 4.69) is 6.92 Å². The van der Waals surface area contributed by atoms with E-state index in [0.29, 0.717) is 17.6 Å². The molecule has 20 heavy (non-hydrogen) atoms. The molecule has 116 valence electrons. The molecule has 1 atom stereocenters. The van der Waals surface area contributed by atoms with E-state index in [1.54, 1.807) is 13.8 Å². The third kappa shape index (κ3) is 4.93. The molecule has 1 heterocycles. The SMILES string of the molecule is CCCCCCCCCCCC1(O)OC(=O)C(C)=C1C. The Balaban J connectivity index is 2.09. The van der Waals surface area contributed by atoms with Gasteiger partial charge in [0.05, 0.1) is 0 Å². The van der Waals surface area contributed by atoms with Crippen molar-refractivity contribution >= 4 is 5.97 Å². The van der Waals surface area contributed by atoms with E-state index >= 15 is 0 Å². The Hall–Kier alpha value is -0.830. The molecular formula is C17H30O3. The molecule has 1 rings (SSSR count). The van der Waals surface area contributed by atoms with Gasteiger partial charge >= 0.3 is 5.97 Å². The van der Waals surface area contributed by atoms with Gasteiger partial charge in [-0.2, -0.15) is 0 Å². The summed E-state index contributed by atoms with van der Waals surface area (Å²) < 4.78 is 5.09. The highest BCUT2D eigenvalue weighted by atomic mass is 16.7. The zero-order chi connectivity index (χ0) is 15.0. The van der Waals surface area contributed by atoms with Gasteiger partial charge in [0.2, 0.25) is 5.79 Å². The average molecular weight is 282 g/mol. The Labute approximate surface area is 123 Å². The number of rotatable bonds is 10. The van der Waals surface area contributed by atoms with E-state index in [-0.39, 0.29) is 5.97 Å². The molecule has 0 fully saturated rings. The maximum atomic E-state index is 11.4. The van der Waals surface area contributed by atoms with Crippen molar-refractivity contribution in [3.63, 3.8) is 0 Å². The topological polar surface area (TPSA) is 46.5 Å². The number of aliphatic hydroxyl groups is 1. The predicted octanol–water partition coefficient (Wildman–Crippen LogP) is 4.49. The van der Waals surface area contributed by atoms with Gasteiger partial charge in [0.15, 0.2) is 0 Å². The molecule has 0 aromatic rings. The van der Waals surface area contributed by atoms with Crippen molar-refractivity contribution < 1.29 is 14.6 Å². The van der Waals surface area contributed by atoms with Gasteiger partial charge in [-0.3, -0.25) is 0 Å². The van der Waals surface area contributed by atoms with Crippen LogP contribution >= 0.6 is 0 Å².